The number of rotatable bonds is 4. The molecule has 0 saturated heterocycles. The van der Waals surface area contributed by atoms with Crippen LogP contribution in [-0.2, 0) is 6.54 Å². The SMILES string of the molecule is CCCn1ncc(Br)c1C(=O)c1cc(C)nc(C)c1. The summed E-state index contributed by atoms with van der Waals surface area (Å²) < 4.78 is 2.48. The molecule has 0 amide bonds. The number of hydrogen-bond acceptors (Lipinski definition) is 3. The summed E-state index contributed by atoms with van der Waals surface area (Å²) in [6.45, 7) is 6.57. The zero-order valence-corrected chi connectivity index (χ0v) is 12.9. The minimum Gasteiger partial charge on any atom is -0.287 e. The van der Waals surface area contributed by atoms with Crippen molar-refractivity contribution >= 4 is 21.7 Å². The van der Waals surface area contributed by atoms with Gasteiger partial charge in [0.25, 0.3) is 0 Å². The maximum atomic E-state index is 12.6. The molecule has 0 aliphatic carbocycles. The fourth-order valence-electron chi connectivity index (χ4n) is 2.07. The maximum Gasteiger partial charge on any atom is 0.212 e. The first-order valence-electron chi connectivity index (χ1n) is 6.24. The number of carbonyl (C=O) groups excluding carboxylic acids is 1. The molecule has 0 spiro atoms. The molecule has 19 heavy (non-hydrogen) atoms. The Kier molecular flexibility index (Phi) is 4.14. The summed E-state index contributed by atoms with van der Waals surface area (Å²) in [5.41, 5.74) is 2.96. The van der Waals surface area contributed by atoms with Gasteiger partial charge < -0.3 is 0 Å². The van der Waals surface area contributed by atoms with E-state index in [1.165, 1.54) is 0 Å². The number of halogens is 1. The van der Waals surface area contributed by atoms with Crippen molar-refractivity contribution in [1.29, 1.82) is 0 Å². The molecule has 0 fully saturated rings. The Morgan fingerprint density at radius 3 is 2.53 bits per heavy atom. The molecule has 0 atom stereocenters. The Labute approximate surface area is 121 Å². The van der Waals surface area contributed by atoms with Gasteiger partial charge in [-0.1, -0.05) is 6.92 Å². The van der Waals surface area contributed by atoms with Crippen LogP contribution in [0.5, 0.6) is 0 Å². The van der Waals surface area contributed by atoms with E-state index in [2.05, 4.69) is 32.9 Å². The Bertz CT molecular complexity index is 599. The van der Waals surface area contributed by atoms with E-state index in [1.54, 1.807) is 10.9 Å². The van der Waals surface area contributed by atoms with Crippen LogP contribution in [0.1, 0.15) is 40.8 Å². The number of pyridine rings is 1. The van der Waals surface area contributed by atoms with Crippen LogP contribution in [0.25, 0.3) is 0 Å². The van der Waals surface area contributed by atoms with Gasteiger partial charge in [-0.25, -0.2) is 0 Å². The van der Waals surface area contributed by atoms with E-state index in [9.17, 15) is 4.79 Å². The second kappa shape index (κ2) is 5.65. The van der Waals surface area contributed by atoms with E-state index in [0.29, 0.717) is 11.3 Å². The van der Waals surface area contributed by atoms with Crippen LogP contribution >= 0.6 is 15.9 Å². The molecule has 0 bridgehead atoms. The minimum absolute atomic E-state index is 0.0218. The standard InChI is InChI=1S/C14H16BrN3O/c1-4-5-18-13(12(15)8-16-18)14(19)11-6-9(2)17-10(3)7-11/h6-8H,4-5H2,1-3H3. The first-order chi connectivity index (χ1) is 9.02. The van der Waals surface area contributed by atoms with Crippen molar-refractivity contribution in [2.75, 3.05) is 0 Å². The van der Waals surface area contributed by atoms with E-state index in [4.69, 9.17) is 0 Å². The van der Waals surface area contributed by atoms with Gasteiger partial charge >= 0.3 is 0 Å². The Morgan fingerprint density at radius 2 is 1.95 bits per heavy atom. The summed E-state index contributed by atoms with van der Waals surface area (Å²) >= 11 is 3.40. The predicted octanol–water partition coefficient (Wildman–Crippen LogP) is 3.30. The maximum absolute atomic E-state index is 12.6. The fraction of sp³-hybridized carbons (Fsp3) is 0.357. The van der Waals surface area contributed by atoms with E-state index >= 15 is 0 Å². The molecular formula is C14H16BrN3O. The second-order valence-corrected chi connectivity index (χ2v) is 5.39. The highest BCUT2D eigenvalue weighted by molar-refractivity contribution is 9.10. The van der Waals surface area contributed by atoms with E-state index in [0.717, 1.165) is 28.8 Å². The highest BCUT2D eigenvalue weighted by atomic mass is 79.9. The van der Waals surface area contributed by atoms with Gasteiger partial charge in [0.2, 0.25) is 5.78 Å². The molecule has 0 aromatic carbocycles. The highest BCUT2D eigenvalue weighted by Crippen LogP contribution is 2.21. The van der Waals surface area contributed by atoms with Crippen LogP contribution in [0, 0.1) is 13.8 Å². The molecule has 2 rings (SSSR count). The quantitative estimate of drug-likeness (QED) is 0.812. The topological polar surface area (TPSA) is 47.8 Å². The molecule has 2 aromatic heterocycles. The van der Waals surface area contributed by atoms with Gasteiger partial charge in [-0.2, -0.15) is 5.10 Å². The third-order valence-electron chi connectivity index (χ3n) is 2.79. The lowest BCUT2D eigenvalue weighted by Crippen LogP contribution is -2.12. The van der Waals surface area contributed by atoms with Gasteiger partial charge in [-0.05, 0) is 48.3 Å². The molecular weight excluding hydrogens is 306 g/mol. The van der Waals surface area contributed by atoms with Crippen molar-refractivity contribution in [3.05, 3.63) is 45.4 Å². The van der Waals surface area contributed by atoms with Crippen LogP contribution in [0.4, 0.5) is 0 Å². The molecule has 0 saturated carbocycles. The van der Waals surface area contributed by atoms with Crippen molar-refractivity contribution < 1.29 is 4.79 Å². The third kappa shape index (κ3) is 2.92. The summed E-state index contributed by atoms with van der Waals surface area (Å²) in [7, 11) is 0. The van der Waals surface area contributed by atoms with Crippen LogP contribution in [0.15, 0.2) is 22.8 Å². The Morgan fingerprint density at radius 1 is 1.32 bits per heavy atom. The number of carbonyl (C=O) groups is 1. The van der Waals surface area contributed by atoms with Crippen LogP contribution < -0.4 is 0 Å². The molecule has 0 aliphatic rings. The molecule has 5 heteroatoms. The number of ketones is 1. The molecule has 0 radical (unpaired) electrons. The van der Waals surface area contributed by atoms with Gasteiger partial charge in [0.15, 0.2) is 0 Å². The summed E-state index contributed by atoms with van der Waals surface area (Å²) in [4.78, 5) is 16.9. The fourth-order valence-corrected chi connectivity index (χ4v) is 2.55. The van der Waals surface area contributed by atoms with E-state index in [1.807, 2.05) is 26.0 Å². The van der Waals surface area contributed by atoms with Crippen molar-refractivity contribution in [2.45, 2.75) is 33.7 Å². The van der Waals surface area contributed by atoms with Gasteiger partial charge in [-0.15, -0.1) is 0 Å². The summed E-state index contributed by atoms with van der Waals surface area (Å²) in [5.74, 6) is -0.0218. The zero-order valence-electron chi connectivity index (χ0n) is 11.3. The molecule has 100 valence electrons. The van der Waals surface area contributed by atoms with Crippen molar-refractivity contribution in [3.63, 3.8) is 0 Å². The Balaban J connectivity index is 2.46. The van der Waals surface area contributed by atoms with Crippen molar-refractivity contribution in [2.24, 2.45) is 0 Å². The van der Waals surface area contributed by atoms with Crippen molar-refractivity contribution in [1.82, 2.24) is 14.8 Å². The number of hydrogen-bond donors (Lipinski definition) is 0. The predicted molar refractivity (Wildman–Crippen MR) is 77.4 cm³/mol. The smallest absolute Gasteiger partial charge is 0.212 e. The number of aromatic nitrogens is 3. The first-order valence-corrected chi connectivity index (χ1v) is 7.03. The number of nitrogens with zero attached hydrogens (tertiary/aromatic N) is 3. The molecule has 0 N–H and O–H groups in total. The third-order valence-corrected chi connectivity index (χ3v) is 3.37. The second-order valence-electron chi connectivity index (χ2n) is 4.53. The molecule has 0 unspecified atom stereocenters. The van der Waals surface area contributed by atoms with Gasteiger partial charge in [0, 0.05) is 23.5 Å². The van der Waals surface area contributed by atoms with E-state index < -0.39 is 0 Å². The average Bonchev–Trinajstić information content (AvgIpc) is 2.69. The van der Waals surface area contributed by atoms with Gasteiger partial charge in [0.1, 0.15) is 5.69 Å². The highest BCUT2D eigenvalue weighted by Gasteiger charge is 2.19. The summed E-state index contributed by atoms with van der Waals surface area (Å²) in [6.07, 6.45) is 2.60. The minimum atomic E-state index is -0.0218. The lowest BCUT2D eigenvalue weighted by atomic mass is 10.1. The largest absolute Gasteiger partial charge is 0.287 e. The Hall–Kier alpha value is -1.49. The summed E-state index contributed by atoms with van der Waals surface area (Å²) in [5, 5.41) is 4.23. The lowest BCUT2D eigenvalue weighted by Gasteiger charge is -2.07. The normalized spacial score (nSPS) is 10.7. The van der Waals surface area contributed by atoms with E-state index in [-0.39, 0.29) is 5.78 Å². The van der Waals surface area contributed by atoms with Crippen molar-refractivity contribution in [3.8, 4) is 0 Å². The zero-order chi connectivity index (χ0) is 14.0. The lowest BCUT2D eigenvalue weighted by molar-refractivity contribution is 0.102. The molecule has 2 heterocycles. The summed E-state index contributed by atoms with van der Waals surface area (Å²) in [6, 6.07) is 3.62. The van der Waals surface area contributed by atoms with Gasteiger partial charge in [0.05, 0.1) is 10.7 Å². The van der Waals surface area contributed by atoms with Crippen LogP contribution in [0.3, 0.4) is 0 Å². The number of aryl methyl sites for hydroxylation is 3. The molecule has 4 nitrogen and oxygen atoms in total. The van der Waals surface area contributed by atoms with Crippen LogP contribution in [-0.4, -0.2) is 20.5 Å². The monoisotopic (exact) mass is 321 g/mol. The van der Waals surface area contributed by atoms with Crippen LogP contribution in [0.2, 0.25) is 0 Å². The molecule has 2 aromatic rings. The average molecular weight is 322 g/mol. The first kappa shape index (κ1) is 13.9. The molecule has 0 aliphatic heterocycles. The van der Waals surface area contributed by atoms with Gasteiger partial charge in [-0.3, -0.25) is 14.5 Å².